The number of benzene rings is 1. The van der Waals surface area contributed by atoms with Gasteiger partial charge < -0.3 is 10.1 Å². The van der Waals surface area contributed by atoms with E-state index in [1.807, 2.05) is 25.1 Å². The lowest BCUT2D eigenvalue weighted by atomic mass is 9.97. The van der Waals surface area contributed by atoms with Gasteiger partial charge in [-0.25, -0.2) is 4.98 Å². The Balaban J connectivity index is 1.40. The number of nitrogens with one attached hydrogen (secondary N) is 1. The van der Waals surface area contributed by atoms with E-state index in [9.17, 15) is 4.79 Å². The van der Waals surface area contributed by atoms with Crippen molar-refractivity contribution in [2.24, 2.45) is 0 Å². The third-order valence-electron chi connectivity index (χ3n) is 4.80. The lowest BCUT2D eigenvalue weighted by Crippen LogP contribution is -2.40. The first-order chi connectivity index (χ1) is 12.2. The van der Waals surface area contributed by atoms with Gasteiger partial charge in [-0.1, -0.05) is 18.2 Å². The highest BCUT2D eigenvalue weighted by Gasteiger charge is 2.26. The van der Waals surface area contributed by atoms with E-state index in [0.717, 1.165) is 54.4 Å². The third kappa shape index (κ3) is 3.70. The minimum Gasteiger partial charge on any atom is -0.492 e. The second kappa shape index (κ2) is 7.14. The van der Waals surface area contributed by atoms with E-state index in [-0.39, 0.29) is 11.9 Å². The van der Waals surface area contributed by atoms with Crippen LogP contribution in [0.2, 0.25) is 0 Å². The van der Waals surface area contributed by atoms with E-state index in [4.69, 9.17) is 4.74 Å². The number of hydrogen-bond acceptors (Lipinski definition) is 5. The van der Waals surface area contributed by atoms with Crippen molar-refractivity contribution in [3.05, 3.63) is 45.4 Å². The topological polar surface area (TPSA) is 54.5 Å². The number of fused-ring (bicyclic) bond motifs is 2. The first-order valence-corrected chi connectivity index (χ1v) is 9.69. The van der Waals surface area contributed by atoms with Crippen molar-refractivity contribution in [2.75, 3.05) is 19.7 Å². The van der Waals surface area contributed by atoms with Gasteiger partial charge in [0.2, 0.25) is 5.91 Å². The highest BCUT2D eigenvalue weighted by molar-refractivity contribution is 7.11. The number of aromatic nitrogens is 1. The van der Waals surface area contributed by atoms with Crippen LogP contribution in [0.3, 0.4) is 0 Å². The molecule has 1 amide bonds. The summed E-state index contributed by atoms with van der Waals surface area (Å²) in [7, 11) is 0. The zero-order valence-corrected chi connectivity index (χ0v) is 15.3. The largest absolute Gasteiger partial charge is 0.492 e. The molecule has 0 saturated carbocycles. The molecular weight excluding hydrogens is 334 g/mol. The van der Waals surface area contributed by atoms with Gasteiger partial charge in [-0.3, -0.25) is 9.69 Å². The Hall–Kier alpha value is -1.92. The molecule has 2 aromatic rings. The standard InChI is InChI=1S/C19H23N3O2S/c1-13-20-19-15(6-4-8-17(19)25-13)21-18(23)12-22-9-10-24-16-7-3-2-5-14(16)11-22/h2-3,5,7,15H,4,6,8-12H2,1H3,(H,21,23). The van der Waals surface area contributed by atoms with Gasteiger partial charge in [-0.15, -0.1) is 11.3 Å². The van der Waals surface area contributed by atoms with E-state index in [1.165, 1.54) is 4.88 Å². The van der Waals surface area contributed by atoms with Crippen LogP contribution in [0.1, 0.15) is 40.0 Å². The molecule has 5 nitrogen and oxygen atoms in total. The molecule has 2 heterocycles. The second-order valence-corrected chi connectivity index (χ2v) is 8.01. The maximum atomic E-state index is 12.6. The molecule has 0 radical (unpaired) electrons. The minimum absolute atomic E-state index is 0.0664. The fraction of sp³-hybridized carbons (Fsp3) is 0.474. The van der Waals surface area contributed by atoms with Gasteiger partial charge in [-0.2, -0.15) is 0 Å². The smallest absolute Gasteiger partial charge is 0.234 e. The van der Waals surface area contributed by atoms with Crippen molar-refractivity contribution in [1.82, 2.24) is 15.2 Å². The van der Waals surface area contributed by atoms with Crippen LogP contribution in [-0.2, 0) is 17.8 Å². The van der Waals surface area contributed by atoms with Crippen LogP contribution in [0.5, 0.6) is 5.75 Å². The molecule has 2 aliphatic rings. The molecular formula is C19H23N3O2S. The number of thiazole rings is 1. The monoisotopic (exact) mass is 357 g/mol. The van der Waals surface area contributed by atoms with Crippen LogP contribution < -0.4 is 10.1 Å². The number of hydrogen-bond donors (Lipinski definition) is 1. The Morgan fingerprint density at radius 2 is 2.32 bits per heavy atom. The van der Waals surface area contributed by atoms with E-state index in [2.05, 4.69) is 21.3 Å². The highest BCUT2D eigenvalue weighted by atomic mass is 32.1. The van der Waals surface area contributed by atoms with Gasteiger partial charge in [0.15, 0.2) is 0 Å². The zero-order chi connectivity index (χ0) is 17.2. The van der Waals surface area contributed by atoms with E-state index >= 15 is 0 Å². The molecule has 1 aromatic carbocycles. The molecule has 132 valence electrons. The lowest BCUT2D eigenvalue weighted by Gasteiger charge is -2.24. The Kier molecular flexibility index (Phi) is 4.72. The summed E-state index contributed by atoms with van der Waals surface area (Å²) in [6, 6.07) is 8.12. The van der Waals surface area contributed by atoms with Gasteiger partial charge in [0.25, 0.3) is 0 Å². The number of rotatable bonds is 3. The van der Waals surface area contributed by atoms with E-state index < -0.39 is 0 Å². The van der Waals surface area contributed by atoms with Crippen molar-refractivity contribution < 1.29 is 9.53 Å². The average molecular weight is 357 g/mol. The summed E-state index contributed by atoms with van der Waals surface area (Å²) in [5, 5.41) is 4.29. The summed E-state index contributed by atoms with van der Waals surface area (Å²) in [4.78, 5) is 20.7. The zero-order valence-electron chi connectivity index (χ0n) is 14.5. The normalized spacial score (nSPS) is 20.1. The second-order valence-electron chi connectivity index (χ2n) is 6.72. The first-order valence-electron chi connectivity index (χ1n) is 8.87. The van der Waals surface area contributed by atoms with Gasteiger partial charge >= 0.3 is 0 Å². The summed E-state index contributed by atoms with van der Waals surface area (Å²) in [6.45, 7) is 4.55. The van der Waals surface area contributed by atoms with Crippen molar-refractivity contribution in [3.8, 4) is 5.75 Å². The fourth-order valence-corrected chi connectivity index (χ4v) is 4.68. The van der Waals surface area contributed by atoms with Crippen LogP contribution in [0.25, 0.3) is 0 Å². The molecule has 1 N–H and O–H groups in total. The number of aryl methyl sites for hydroxylation is 2. The summed E-state index contributed by atoms with van der Waals surface area (Å²) >= 11 is 1.76. The molecule has 1 aromatic heterocycles. The highest BCUT2D eigenvalue weighted by Crippen LogP contribution is 2.33. The quantitative estimate of drug-likeness (QED) is 0.918. The van der Waals surface area contributed by atoms with Crippen molar-refractivity contribution in [1.29, 1.82) is 0 Å². The molecule has 1 atom stereocenters. The average Bonchev–Trinajstić information content (AvgIpc) is 2.85. The van der Waals surface area contributed by atoms with Gasteiger partial charge in [-0.05, 0) is 32.3 Å². The number of para-hydroxylation sites is 1. The Bertz CT molecular complexity index is 774. The summed E-state index contributed by atoms with van der Waals surface area (Å²) in [5.41, 5.74) is 2.23. The van der Waals surface area contributed by atoms with Crippen LogP contribution in [-0.4, -0.2) is 35.5 Å². The summed E-state index contributed by atoms with van der Waals surface area (Å²) in [5.74, 6) is 1.00. The van der Waals surface area contributed by atoms with Crippen molar-refractivity contribution in [3.63, 3.8) is 0 Å². The molecule has 1 aliphatic heterocycles. The van der Waals surface area contributed by atoms with Gasteiger partial charge in [0.1, 0.15) is 12.4 Å². The molecule has 0 bridgehead atoms. The molecule has 4 rings (SSSR count). The van der Waals surface area contributed by atoms with Crippen molar-refractivity contribution in [2.45, 2.75) is 38.8 Å². The number of carbonyl (C=O) groups is 1. The van der Waals surface area contributed by atoms with Crippen LogP contribution in [0, 0.1) is 6.92 Å². The molecule has 0 fully saturated rings. The molecule has 0 saturated heterocycles. The predicted octanol–water partition coefficient (Wildman–Crippen LogP) is 2.84. The molecule has 6 heteroatoms. The minimum atomic E-state index is 0.0664. The van der Waals surface area contributed by atoms with Crippen LogP contribution in [0.15, 0.2) is 24.3 Å². The Morgan fingerprint density at radius 3 is 3.24 bits per heavy atom. The van der Waals surface area contributed by atoms with Crippen LogP contribution in [0.4, 0.5) is 0 Å². The van der Waals surface area contributed by atoms with E-state index in [1.54, 1.807) is 11.3 Å². The fourth-order valence-electron chi connectivity index (χ4n) is 3.64. The van der Waals surface area contributed by atoms with Gasteiger partial charge in [0.05, 0.1) is 23.3 Å². The van der Waals surface area contributed by atoms with Gasteiger partial charge in [0, 0.05) is 23.5 Å². The van der Waals surface area contributed by atoms with Crippen LogP contribution >= 0.6 is 11.3 Å². The SMILES string of the molecule is Cc1nc2c(s1)CCCC2NC(=O)CN1CCOc2ccccc2C1. The number of nitrogens with zero attached hydrogens (tertiary/aromatic N) is 2. The molecule has 1 aliphatic carbocycles. The lowest BCUT2D eigenvalue weighted by molar-refractivity contribution is -0.123. The predicted molar refractivity (Wildman–Crippen MR) is 97.9 cm³/mol. The number of amides is 1. The first kappa shape index (κ1) is 16.5. The Morgan fingerprint density at radius 1 is 1.44 bits per heavy atom. The molecule has 1 unspecified atom stereocenters. The molecule has 25 heavy (non-hydrogen) atoms. The summed E-state index contributed by atoms with van der Waals surface area (Å²) in [6.07, 6.45) is 3.19. The number of ether oxygens (including phenoxy) is 1. The Labute approximate surface area is 152 Å². The van der Waals surface area contributed by atoms with Crippen molar-refractivity contribution >= 4 is 17.2 Å². The third-order valence-corrected chi connectivity index (χ3v) is 5.84. The maximum absolute atomic E-state index is 12.6. The molecule has 0 spiro atoms. The number of carbonyl (C=O) groups excluding carboxylic acids is 1. The maximum Gasteiger partial charge on any atom is 0.234 e. The van der Waals surface area contributed by atoms with E-state index in [0.29, 0.717) is 13.2 Å². The summed E-state index contributed by atoms with van der Waals surface area (Å²) < 4.78 is 5.78.